The van der Waals surface area contributed by atoms with Crippen LogP contribution in [0.15, 0.2) is 12.7 Å². The van der Waals surface area contributed by atoms with Gasteiger partial charge in [-0.2, -0.15) is 0 Å². The molecule has 4 amide bonds. The van der Waals surface area contributed by atoms with E-state index >= 15 is 0 Å². The number of amides is 4. The van der Waals surface area contributed by atoms with Crippen LogP contribution in [0.2, 0.25) is 0 Å². The largest absolute Gasteiger partial charge is 0.346 e. The van der Waals surface area contributed by atoms with Crippen molar-refractivity contribution in [2.75, 3.05) is 6.54 Å². The summed E-state index contributed by atoms with van der Waals surface area (Å²) in [5.41, 5.74) is -0.624. The highest BCUT2D eigenvalue weighted by Crippen LogP contribution is 2.13. The molecule has 0 aromatic carbocycles. The molecule has 94 valence electrons. The molecule has 1 fully saturated rings. The third kappa shape index (κ3) is 3.05. The van der Waals surface area contributed by atoms with Crippen molar-refractivity contribution in [3.63, 3.8) is 0 Å². The van der Waals surface area contributed by atoms with Crippen LogP contribution in [0.4, 0.5) is 4.79 Å². The van der Waals surface area contributed by atoms with Crippen molar-refractivity contribution >= 4 is 17.8 Å². The van der Waals surface area contributed by atoms with Gasteiger partial charge in [-0.05, 0) is 26.8 Å². The molecule has 0 aromatic heterocycles. The van der Waals surface area contributed by atoms with Crippen LogP contribution in [-0.2, 0) is 9.59 Å². The van der Waals surface area contributed by atoms with Gasteiger partial charge in [0.05, 0.1) is 5.54 Å². The topological polar surface area (TPSA) is 78.5 Å². The molecule has 2 N–H and O–H groups in total. The lowest BCUT2D eigenvalue weighted by Crippen LogP contribution is -2.53. The first-order chi connectivity index (χ1) is 7.76. The van der Waals surface area contributed by atoms with Gasteiger partial charge in [0, 0.05) is 6.54 Å². The van der Waals surface area contributed by atoms with E-state index in [4.69, 9.17) is 0 Å². The molecule has 0 saturated carbocycles. The number of nitrogens with one attached hydrogen (secondary N) is 2. The lowest BCUT2D eigenvalue weighted by molar-refractivity contribution is -0.121. The number of urea groups is 1. The van der Waals surface area contributed by atoms with Gasteiger partial charge in [0.25, 0.3) is 5.91 Å². The monoisotopic (exact) mass is 239 g/mol. The van der Waals surface area contributed by atoms with Gasteiger partial charge >= 0.3 is 6.03 Å². The fraction of sp³-hybridized carbons (Fsp3) is 0.545. The molecule has 1 aliphatic heterocycles. The minimum Gasteiger partial charge on any atom is -0.346 e. The Morgan fingerprint density at radius 2 is 2.18 bits per heavy atom. The van der Waals surface area contributed by atoms with Crippen molar-refractivity contribution in [2.24, 2.45) is 0 Å². The minimum atomic E-state index is -0.624. The second kappa shape index (κ2) is 4.57. The molecule has 17 heavy (non-hydrogen) atoms. The summed E-state index contributed by atoms with van der Waals surface area (Å²) in [6.45, 7) is 8.81. The zero-order chi connectivity index (χ0) is 13.2. The fourth-order valence-electron chi connectivity index (χ4n) is 1.66. The second-order valence-corrected chi connectivity index (χ2v) is 4.68. The molecule has 6 heteroatoms. The molecule has 1 atom stereocenters. The van der Waals surface area contributed by atoms with Crippen LogP contribution in [0.5, 0.6) is 0 Å². The Labute approximate surface area is 100 Å². The van der Waals surface area contributed by atoms with Crippen LogP contribution in [0.1, 0.15) is 20.8 Å². The Kier molecular flexibility index (Phi) is 3.55. The number of imide groups is 1. The van der Waals surface area contributed by atoms with Crippen molar-refractivity contribution in [1.82, 2.24) is 15.5 Å². The molecule has 0 radical (unpaired) electrons. The van der Waals surface area contributed by atoms with E-state index in [-0.39, 0.29) is 18.4 Å². The zero-order valence-corrected chi connectivity index (χ0v) is 10.2. The van der Waals surface area contributed by atoms with E-state index in [0.717, 1.165) is 0 Å². The molecule has 1 rings (SSSR count). The first kappa shape index (κ1) is 13.2. The molecular weight excluding hydrogens is 222 g/mol. The molecule has 0 spiro atoms. The Morgan fingerprint density at radius 3 is 2.59 bits per heavy atom. The quantitative estimate of drug-likeness (QED) is 0.535. The minimum absolute atomic E-state index is 0.255. The average Bonchev–Trinajstić information content (AvgIpc) is 2.44. The van der Waals surface area contributed by atoms with Gasteiger partial charge in [-0.25, -0.2) is 4.79 Å². The van der Waals surface area contributed by atoms with E-state index in [9.17, 15) is 14.4 Å². The maximum Gasteiger partial charge on any atom is 0.324 e. The van der Waals surface area contributed by atoms with E-state index in [0.29, 0.717) is 0 Å². The lowest BCUT2D eigenvalue weighted by atomic mass is 10.0. The van der Waals surface area contributed by atoms with Crippen molar-refractivity contribution < 1.29 is 14.4 Å². The predicted octanol–water partition coefficient (Wildman–Crippen LogP) is 0.00750. The average molecular weight is 239 g/mol. The third-order valence-corrected chi connectivity index (χ3v) is 2.55. The van der Waals surface area contributed by atoms with Gasteiger partial charge in [-0.1, -0.05) is 6.58 Å². The Balaban J connectivity index is 2.70. The van der Waals surface area contributed by atoms with Crippen molar-refractivity contribution in [2.45, 2.75) is 32.4 Å². The summed E-state index contributed by atoms with van der Waals surface area (Å²) in [5.74, 6) is -0.630. The van der Waals surface area contributed by atoms with Crippen molar-refractivity contribution in [1.29, 1.82) is 0 Å². The Morgan fingerprint density at radius 1 is 1.59 bits per heavy atom. The highest BCUT2D eigenvalue weighted by molar-refractivity contribution is 6.03. The number of hydrogen-bond donors (Lipinski definition) is 2. The number of nitrogens with zero attached hydrogens (tertiary/aromatic N) is 1. The molecule has 1 saturated heterocycles. The maximum absolute atomic E-state index is 11.5. The molecule has 1 aliphatic rings. The predicted molar refractivity (Wildman–Crippen MR) is 62.1 cm³/mol. The van der Waals surface area contributed by atoms with Crippen LogP contribution in [-0.4, -0.2) is 40.9 Å². The summed E-state index contributed by atoms with van der Waals surface area (Å²) < 4.78 is 0. The highest BCUT2D eigenvalue weighted by atomic mass is 16.2. The number of carbonyl (C=O) groups is 3. The standard InChI is InChI=1S/C11H17N3O3/c1-5-8(15)13-11(3,4)6-14-7(2)9(16)12-10(14)17/h5,7H,1,6H2,2-4H3,(H,13,15)(H,12,16,17). The van der Waals surface area contributed by atoms with Gasteiger partial charge in [-0.15, -0.1) is 0 Å². The summed E-state index contributed by atoms with van der Waals surface area (Å²) in [7, 11) is 0. The van der Waals surface area contributed by atoms with E-state index < -0.39 is 17.6 Å². The summed E-state index contributed by atoms with van der Waals surface area (Å²) in [5, 5.41) is 4.92. The van der Waals surface area contributed by atoms with Gasteiger partial charge in [0.15, 0.2) is 0 Å². The smallest absolute Gasteiger partial charge is 0.324 e. The summed E-state index contributed by atoms with van der Waals surface area (Å²) >= 11 is 0. The van der Waals surface area contributed by atoms with Crippen LogP contribution in [0.25, 0.3) is 0 Å². The summed E-state index contributed by atoms with van der Waals surface area (Å²) in [6, 6.07) is -0.939. The van der Waals surface area contributed by atoms with Gasteiger partial charge in [0.1, 0.15) is 6.04 Å². The summed E-state index contributed by atoms with van der Waals surface area (Å²) in [4.78, 5) is 35.4. The van der Waals surface area contributed by atoms with E-state index in [1.807, 2.05) is 0 Å². The van der Waals surface area contributed by atoms with E-state index in [1.54, 1.807) is 20.8 Å². The molecule has 0 bridgehead atoms. The van der Waals surface area contributed by atoms with Gasteiger partial charge in [-0.3, -0.25) is 14.9 Å². The SMILES string of the molecule is C=CC(=O)NC(C)(C)CN1C(=O)NC(=O)C1C. The lowest BCUT2D eigenvalue weighted by Gasteiger charge is -2.31. The van der Waals surface area contributed by atoms with Crippen molar-refractivity contribution in [3.05, 3.63) is 12.7 Å². The van der Waals surface area contributed by atoms with Gasteiger partial charge in [0.2, 0.25) is 5.91 Å². The zero-order valence-electron chi connectivity index (χ0n) is 10.2. The van der Waals surface area contributed by atoms with Crippen LogP contribution >= 0.6 is 0 Å². The van der Waals surface area contributed by atoms with Crippen molar-refractivity contribution in [3.8, 4) is 0 Å². The molecule has 0 aliphatic carbocycles. The molecule has 0 aromatic rings. The maximum atomic E-state index is 11.5. The first-order valence-electron chi connectivity index (χ1n) is 5.33. The number of rotatable bonds is 4. The third-order valence-electron chi connectivity index (χ3n) is 2.55. The van der Waals surface area contributed by atoms with Crippen LogP contribution < -0.4 is 10.6 Å². The van der Waals surface area contributed by atoms with Crippen LogP contribution in [0.3, 0.4) is 0 Å². The Hall–Kier alpha value is -1.85. The molecule has 6 nitrogen and oxygen atoms in total. The van der Waals surface area contributed by atoms with E-state index in [1.165, 1.54) is 11.0 Å². The fourth-order valence-corrected chi connectivity index (χ4v) is 1.66. The molecule has 1 unspecified atom stereocenters. The molecular formula is C11H17N3O3. The number of hydrogen-bond acceptors (Lipinski definition) is 3. The highest BCUT2D eigenvalue weighted by Gasteiger charge is 2.38. The Bertz CT molecular complexity index is 376. The first-order valence-corrected chi connectivity index (χ1v) is 5.33. The summed E-state index contributed by atoms with van der Waals surface area (Å²) in [6.07, 6.45) is 1.17. The van der Waals surface area contributed by atoms with Crippen LogP contribution in [0, 0.1) is 0 Å². The van der Waals surface area contributed by atoms with Gasteiger partial charge < -0.3 is 10.2 Å². The number of carbonyl (C=O) groups excluding carboxylic acids is 3. The molecule has 1 heterocycles. The second-order valence-electron chi connectivity index (χ2n) is 4.68. The normalized spacial score (nSPS) is 20.2. The van der Waals surface area contributed by atoms with E-state index in [2.05, 4.69) is 17.2 Å².